The summed E-state index contributed by atoms with van der Waals surface area (Å²) < 4.78 is 4.74. The Bertz CT molecular complexity index is 339. The molecule has 1 rings (SSSR count). The normalized spacial score (nSPS) is 9.64. The molecule has 0 radical (unpaired) electrons. The van der Waals surface area contributed by atoms with Crippen LogP contribution in [0.1, 0.15) is 12.5 Å². The number of anilines is 1. The smallest absolute Gasteiger partial charge is 0.411 e. The first-order chi connectivity index (χ1) is 6.63. The quantitative estimate of drug-likeness (QED) is 0.738. The molecule has 76 valence electrons. The summed E-state index contributed by atoms with van der Waals surface area (Å²) in [4.78, 5) is 11.9. The first kappa shape index (κ1) is 10.9. The molecule has 0 spiro atoms. The van der Waals surface area contributed by atoms with Crippen LogP contribution < -0.4 is 5.32 Å². The third-order valence-corrected chi connectivity index (χ3v) is 2.21. The van der Waals surface area contributed by atoms with Gasteiger partial charge in [0.15, 0.2) is 0 Å². The molecule has 0 saturated carbocycles. The Morgan fingerprint density at radius 1 is 1.57 bits per heavy atom. The Labute approximate surface area is 88.9 Å². The molecule has 1 N–H and O–H groups in total. The third kappa shape index (κ3) is 2.96. The van der Waals surface area contributed by atoms with E-state index >= 15 is 0 Å². The van der Waals surface area contributed by atoms with Gasteiger partial charge in [0, 0.05) is 10.6 Å². The molecule has 0 bridgehead atoms. The lowest BCUT2D eigenvalue weighted by Gasteiger charge is -2.06. The van der Waals surface area contributed by atoms with Crippen LogP contribution in [-0.2, 0) is 4.74 Å². The van der Waals surface area contributed by atoms with Gasteiger partial charge >= 0.3 is 6.09 Å². The van der Waals surface area contributed by atoms with Gasteiger partial charge in [-0.1, -0.05) is 6.07 Å². The van der Waals surface area contributed by atoms with E-state index in [0.717, 1.165) is 10.5 Å². The van der Waals surface area contributed by atoms with Gasteiger partial charge in [-0.25, -0.2) is 4.79 Å². The van der Waals surface area contributed by atoms with Gasteiger partial charge in [-0.2, -0.15) is 0 Å². The minimum absolute atomic E-state index is 0.366. The van der Waals surface area contributed by atoms with Crippen LogP contribution in [0.25, 0.3) is 0 Å². The lowest BCUT2D eigenvalue weighted by molar-refractivity contribution is 0.168. The van der Waals surface area contributed by atoms with Gasteiger partial charge in [0.1, 0.15) is 0 Å². The Morgan fingerprint density at radius 2 is 2.29 bits per heavy atom. The number of benzene rings is 1. The van der Waals surface area contributed by atoms with Crippen molar-refractivity contribution in [2.24, 2.45) is 0 Å². The van der Waals surface area contributed by atoms with Crippen molar-refractivity contribution in [3.05, 3.63) is 23.8 Å². The Morgan fingerprint density at radius 3 is 2.86 bits per heavy atom. The van der Waals surface area contributed by atoms with Crippen molar-refractivity contribution in [3.8, 4) is 0 Å². The summed E-state index contributed by atoms with van der Waals surface area (Å²) in [7, 11) is 0. The number of rotatable bonds is 2. The molecular formula is C10H13NO2S. The number of nitrogens with one attached hydrogen (secondary N) is 1. The molecule has 0 unspecified atom stereocenters. The average molecular weight is 211 g/mol. The maximum atomic E-state index is 11.1. The van der Waals surface area contributed by atoms with Crippen LogP contribution in [0.2, 0.25) is 0 Å². The summed E-state index contributed by atoms with van der Waals surface area (Å²) in [6, 6.07) is 5.49. The number of ether oxygens (including phenoxy) is 1. The molecule has 0 aliphatic heterocycles. The van der Waals surface area contributed by atoms with Crippen LogP contribution >= 0.6 is 12.6 Å². The molecular weight excluding hydrogens is 198 g/mol. The monoisotopic (exact) mass is 211 g/mol. The van der Waals surface area contributed by atoms with Crippen LogP contribution in [0, 0.1) is 6.92 Å². The first-order valence-electron chi connectivity index (χ1n) is 4.37. The predicted octanol–water partition coefficient (Wildman–Crippen LogP) is 2.85. The van der Waals surface area contributed by atoms with Gasteiger partial charge in [0.2, 0.25) is 0 Å². The number of carbonyl (C=O) groups excluding carboxylic acids is 1. The molecule has 0 aromatic heterocycles. The van der Waals surface area contributed by atoms with E-state index in [-0.39, 0.29) is 0 Å². The fourth-order valence-corrected chi connectivity index (χ4v) is 1.19. The summed E-state index contributed by atoms with van der Waals surface area (Å²) in [5, 5.41) is 2.60. The number of carbonyl (C=O) groups is 1. The molecule has 1 aromatic rings. The molecule has 0 fully saturated rings. The van der Waals surface area contributed by atoms with Crippen molar-refractivity contribution in [1.29, 1.82) is 0 Å². The van der Waals surface area contributed by atoms with Gasteiger partial charge < -0.3 is 4.74 Å². The highest BCUT2D eigenvalue weighted by Gasteiger charge is 2.02. The minimum Gasteiger partial charge on any atom is -0.450 e. The fourth-order valence-electron chi connectivity index (χ4n) is 0.972. The fraction of sp³-hybridized carbons (Fsp3) is 0.300. The highest BCUT2D eigenvalue weighted by Crippen LogP contribution is 2.18. The van der Waals surface area contributed by atoms with E-state index in [0.29, 0.717) is 12.3 Å². The molecule has 3 nitrogen and oxygen atoms in total. The first-order valence-corrected chi connectivity index (χ1v) is 4.81. The molecule has 1 amide bonds. The number of aryl methyl sites for hydroxylation is 1. The van der Waals surface area contributed by atoms with Crippen molar-refractivity contribution in [2.45, 2.75) is 18.7 Å². The SMILES string of the molecule is CCOC(=O)Nc1ccc(C)c(S)c1. The number of thiol groups is 1. The lowest BCUT2D eigenvalue weighted by atomic mass is 10.2. The number of hydrogen-bond acceptors (Lipinski definition) is 3. The highest BCUT2D eigenvalue weighted by molar-refractivity contribution is 7.80. The van der Waals surface area contributed by atoms with E-state index in [1.54, 1.807) is 13.0 Å². The molecule has 1 aromatic carbocycles. The van der Waals surface area contributed by atoms with E-state index in [1.165, 1.54) is 0 Å². The van der Waals surface area contributed by atoms with Gasteiger partial charge in [-0.3, -0.25) is 5.32 Å². The molecule has 0 saturated heterocycles. The van der Waals surface area contributed by atoms with Crippen LogP contribution in [0.5, 0.6) is 0 Å². The maximum Gasteiger partial charge on any atom is 0.411 e. The van der Waals surface area contributed by atoms with Crippen molar-refractivity contribution < 1.29 is 9.53 Å². The van der Waals surface area contributed by atoms with Crippen LogP contribution in [0.3, 0.4) is 0 Å². The topological polar surface area (TPSA) is 38.3 Å². The van der Waals surface area contributed by atoms with Gasteiger partial charge in [0.25, 0.3) is 0 Å². The molecule has 0 heterocycles. The molecule has 0 aliphatic rings. The highest BCUT2D eigenvalue weighted by atomic mass is 32.1. The van der Waals surface area contributed by atoms with E-state index < -0.39 is 6.09 Å². The zero-order valence-electron chi connectivity index (χ0n) is 8.20. The van der Waals surface area contributed by atoms with E-state index in [1.807, 2.05) is 19.1 Å². The lowest BCUT2D eigenvalue weighted by Crippen LogP contribution is -2.13. The zero-order chi connectivity index (χ0) is 10.6. The van der Waals surface area contributed by atoms with Crippen LogP contribution in [0.15, 0.2) is 23.1 Å². The van der Waals surface area contributed by atoms with E-state index in [4.69, 9.17) is 4.74 Å². The van der Waals surface area contributed by atoms with Crippen LogP contribution in [-0.4, -0.2) is 12.7 Å². The molecule has 4 heteroatoms. The minimum atomic E-state index is -0.441. The second kappa shape index (κ2) is 4.91. The summed E-state index contributed by atoms with van der Waals surface area (Å²) in [6.07, 6.45) is -0.441. The summed E-state index contributed by atoms with van der Waals surface area (Å²) in [5.74, 6) is 0. The molecule has 0 atom stereocenters. The maximum absolute atomic E-state index is 11.1. The van der Waals surface area contributed by atoms with Crippen molar-refractivity contribution >= 4 is 24.4 Å². The number of hydrogen-bond donors (Lipinski definition) is 2. The van der Waals surface area contributed by atoms with Gasteiger partial charge in [0.05, 0.1) is 6.61 Å². The standard InChI is InChI=1S/C10H13NO2S/c1-3-13-10(12)11-8-5-4-7(2)9(14)6-8/h4-6,14H,3H2,1-2H3,(H,11,12). The van der Waals surface area contributed by atoms with Crippen molar-refractivity contribution in [1.82, 2.24) is 0 Å². The summed E-state index contributed by atoms with van der Waals surface area (Å²) >= 11 is 4.25. The predicted molar refractivity (Wildman–Crippen MR) is 59.1 cm³/mol. The third-order valence-electron chi connectivity index (χ3n) is 1.73. The second-order valence-corrected chi connectivity index (χ2v) is 3.33. The van der Waals surface area contributed by atoms with Gasteiger partial charge in [-0.05, 0) is 31.5 Å². The Kier molecular flexibility index (Phi) is 3.83. The molecule has 14 heavy (non-hydrogen) atoms. The summed E-state index contributed by atoms with van der Waals surface area (Å²) in [5.41, 5.74) is 1.77. The van der Waals surface area contributed by atoms with E-state index in [9.17, 15) is 4.79 Å². The summed E-state index contributed by atoms with van der Waals surface area (Å²) in [6.45, 7) is 4.08. The van der Waals surface area contributed by atoms with E-state index in [2.05, 4.69) is 17.9 Å². The largest absolute Gasteiger partial charge is 0.450 e. The zero-order valence-corrected chi connectivity index (χ0v) is 9.10. The average Bonchev–Trinajstić information content (AvgIpc) is 2.12. The van der Waals surface area contributed by atoms with Crippen molar-refractivity contribution in [2.75, 3.05) is 11.9 Å². The number of amides is 1. The Balaban J connectivity index is 2.68. The van der Waals surface area contributed by atoms with Crippen LogP contribution in [0.4, 0.5) is 10.5 Å². The Hall–Kier alpha value is -1.16. The molecule has 0 aliphatic carbocycles. The van der Waals surface area contributed by atoms with Gasteiger partial charge in [-0.15, -0.1) is 12.6 Å². The second-order valence-electron chi connectivity index (χ2n) is 2.85. The van der Waals surface area contributed by atoms with Crippen molar-refractivity contribution in [3.63, 3.8) is 0 Å².